The van der Waals surface area contributed by atoms with Gasteiger partial charge in [0.15, 0.2) is 5.82 Å². The number of aromatic nitrogens is 3. The quantitative estimate of drug-likeness (QED) is 0.878. The average Bonchev–Trinajstić information content (AvgIpc) is 2.92. The molecular weight excluding hydrogens is 266 g/mol. The van der Waals surface area contributed by atoms with E-state index in [0.29, 0.717) is 0 Å². The molecule has 21 heavy (non-hydrogen) atoms. The Morgan fingerprint density at radius 2 is 2.29 bits per heavy atom. The third-order valence-corrected chi connectivity index (χ3v) is 3.86. The number of amides is 1. The van der Waals surface area contributed by atoms with Gasteiger partial charge in [-0.05, 0) is 24.5 Å². The highest BCUT2D eigenvalue weighted by molar-refractivity contribution is 5.84. The van der Waals surface area contributed by atoms with E-state index in [0.717, 1.165) is 24.4 Å². The van der Waals surface area contributed by atoms with Gasteiger partial charge in [0, 0.05) is 13.6 Å². The van der Waals surface area contributed by atoms with Gasteiger partial charge in [0.2, 0.25) is 5.91 Å². The molecule has 1 aromatic heterocycles. The zero-order valence-corrected chi connectivity index (χ0v) is 12.2. The van der Waals surface area contributed by atoms with E-state index in [2.05, 4.69) is 26.9 Å². The predicted molar refractivity (Wildman–Crippen MR) is 78.5 cm³/mol. The maximum Gasteiger partial charge on any atom is 0.242 e. The van der Waals surface area contributed by atoms with E-state index >= 15 is 0 Å². The Labute approximate surface area is 123 Å². The molecule has 0 radical (unpaired) electrons. The summed E-state index contributed by atoms with van der Waals surface area (Å²) in [7, 11) is 1.87. The summed E-state index contributed by atoms with van der Waals surface area (Å²) >= 11 is 0. The topological polar surface area (TPSA) is 71.8 Å². The van der Waals surface area contributed by atoms with Crippen molar-refractivity contribution in [3.8, 4) is 0 Å². The van der Waals surface area contributed by atoms with Crippen LogP contribution in [0.5, 0.6) is 0 Å². The first-order valence-corrected chi connectivity index (χ1v) is 7.12. The maximum absolute atomic E-state index is 12.5. The number of carbonyl (C=O) groups is 1. The second-order valence-corrected chi connectivity index (χ2v) is 5.37. The Morgan fingerprint density at radius 1 is 1.48 bits per heavy atom. The minimum Gasteiger partial charge on any atom is -0.345 e. The van der Waals surface area contributed by atoms with Gasteiger partial charge in [-0.1, -0.05) is 24.3 Å². The van der Waals surface area contributed by atoms with Crippen molar-refractivity contribution < 1.29 is 4.79 Å². The summed E-state index contributed by atoms with van der Waals surface area (Å²) in [6.45, 7) is 2.73. The van der Waals surface area contributed by atoms with Crippen LogP contribution in [0.25, 0.3) is 0 Å². The summed E-state index contributed by atoms with van der Waals surface area (Å²) < 4.78 is 1.81. The Hall–Kier alpha value is -2.21. The standard InChI is InChI=1S/C15H19N5O/c1-10(14-19-17-9-20(14)2)18-15(21)13-12-6-4-3-5-11(12)7-8-16-13/h3-6,9-10,13,16H,7-8H2,1-2H3,(H,18,21). The second-order valence-electron chi connectivity index (χ2n) is 5.37. The molecule has 2 atom stereocenters. The van der Waals surface area contributed by atoms with Crippen molar-refractivity contribution in [2.45, 2.75) is 25.4 Å². The number of benzene rings is 1. The van der Waals surface area contributed by atoms with Crippen molar-refractivity contribution in [3.05, 3.63) is 47.5 Å². The smallest absolute Gasteiger partial charge is 0.242 e. The van der Waals surface area contributed by atoms with Crippen LogP contribution in [0.3, 0.4) is 0 Å². The lowest BCUT2D eigenvalue weighted by Gasteiger charge is -2.27. The number of fused-ring (bicyclic) bond motifs is 1. The van der Waals surface area contributed by atoms with Crippen molar-refractivity contribution in [1.82, 2.24) is 25.4 Å². The molecular formula is C15H19N5O. The average molecular weight is 285 g/mol. The van der Waals surface area contributed by atoms with Crippen molar-refractivity contribution in [2.24, 2.45) is 7.05 Å². The number of hydrogen-bond donors (Lipinski definition) is 2. The first-order valence-electron chi connectivity index (χ1n) is 7.12. The van der Waals surface area contributed by atoms with Crippen LogP contribution in [0.2, 0.25) is 0 Å². The van der Waals surface area contributed by atoms with Crippen LogP contribution in [0.15, 0.2) is 30.6 Å². The van der Waals surface area contributed by atoms with Gasteiger partial charge in [-0.3, -0.25) is 4.79 Å². The van der Waals surface area contributed by atoms with Crippen molar-refractivity contribution in [1.29, 1.82) is 0 Å². The summed E-state index contributed by atoms with van der Waals surface area (Å²) in [4.78, 5) is 12.5. The molecule has 3 rings (SSSR count). The third kappa shape index (κ3) is 2.67. The SMILES string of the molecule is CC(NC(=O)C1NCCc2ccccc21)c1nncn1C. The van der Waals surface area contributed by atoms with E-state index < -0.39 is 0 Å². The van der Waals surface area contributed by atoms with Crippen LogP contribution in [0.1, 0.15) is 36.0 Å². The Balaban J connectivity index is 1.76. The first-order chi connectivity index (χ1) is 10.2. The number of rotatable bonds is 3. The van der Waals surface area contributed by atoms with Crippen LogP contribution in [-0.4, -0.2) is 27.2 Å². The zero-order valence-electron chi connectivity index (χ0n) is 12.2. The minimum atomic E-state index is -0.300. The van der Waals surface area contributed by atoms with Crippen molar-refractivity contribution >= 4 is 5.91 Å². The number of hydrogen-bond acceptors (Lipinski definition) is 4. The van der Waals surface area contributed by atoms with Gasteiger partial charge >= 0.3 is 0 Å². The van der Waals surface area contributed by atoms with E-state index in [1.807, 2.05) is 36.7 Å². The highest BCUT2D eigenvalue weighted by Crippen LogP contribution is 2.23. The van der Waals surface area contributed by atoms with E-state index in [9.17, 15) is 4.79 Å². The molecule has 0 fully saturated rings. The summed E-state index contributed by atoms with van der Waals surface area (Å²) in [5.74, 6) is 0.713. The zero-order chi connectivity index (χ0) is 14.8. The molecule has 0 saturated heterocycles. The lowest BCUT2D eigenvalue weighted by molar-refractivity contribution is -0.124. The Morgan fingerprint density at radius 3 is 3.05 bits per heavy atom. The van der Waals surface area contributed by atoms with Crippen molar-refractivity contribution in [3.63, 3.8) is 0 Å². The summed E-state index contributed by atoms with van der Waals surface area (Å²) in [5.41, 5.74) is 2.30. The van der Waals surface area contributed by atoms with E-state index in [1.165, 1.54) is 5.56 Å². The normalized spacial score (nSPS) is 18.9. The molecule has 6 nitrogen and oxygen atoms in total. The van der Waals surface area contributed by atoms with Gasteiger partial charge in [-0.2, -0.15) is 0 Å². The molecule has 0 bridgehead atoms. The van der Waals surface area contributed by atoms with Gasteiger partial charge in [0.25, 0.3) is 0 Å². The summed E-state index contributed by atoms with van der Waals surface area (Å²) in [6.07, 6.45) is 2.59. The Kier molecular flexibility index (Phi) is 3.70. The molecule has 0 spiro atoms. The van der Waals surface area contributed by atoms with E-state index in [1.54, 1.807) is 6.33 Å². The molecule has 1 aromatic carbocycles. The van der Waals surface area contributed by atoms with E-state index in [-0.39, 0.29) is 18.0 Å². The first kappa shape index (κ1) is 13.8. The number of nitrogens with one attached hydrogen (secondary N) is 2. The molecule has 110 valence electrons. The summed E-state index contributed by atoms with van der Waals surface area (Å²) in [6, 6.07) is 7.60. The molecule has 6 heteroatoms. The van der Waals surface area contributed by atoms with Crippen LogP contribution < -0.4 is 10.6 Å². The van der Waals surface area contributed by atoms with Crippen molar-refractivity contribution in [2.75, 3.05) is 6.54 Å². The van der Waals surface area contributed by atoms with Crippen LogP contribution in [0, 0.1) is 0 Å². The van der Waals surface area contributed by atoms with Crippen LogP contribution in [-0.2, 0) is 18.3 Å². The van der Waals surface area contributed by atoms with E-state index in [4.69, 9.17) is 0 Å². The van der Waals surface area contributed by atoms with Gasteiger partial charge in [-0.25, -0.2) is 0 Å². The fraction of sp³-hybridized carbons (Fsp3) is 0.400. The molecule has 0 saturated carbocycles. The van der Waals surface area contributed by atoms with Crippen LogP contribution in [0.4, 0.5) is 0 Å². The number of carbonyl (C=O) groups excluding carboxylic acids is 1. The lowest BCUT2D eigenvalue weighted by Crippen LogP contribution is -2.42. The molecule has 1 amide bonds. The van der Waals surface area contributed by atoms with Gasteiger partial charge in [0.05, 0.1) is 6.04 Å². The third-order valence-electron chi connectivity index (χ3n) is 3.86. The lowest BCUT2D eigenvalue weighted by atomic mass is 9.94. The number of aryl methyl sites for hydroxylation is 1. The van der Waals surface area contributed by atoms with Gasteiger partial charge in [-0.15, -0.1) is 10.2 Å². The second kappa shape index (κ2) is 5.65. The number of nitrogens with zero attached hydrogens (tertiary/aromatic N) is 3. The van der Waals surface area contributed by atoms with Gasteiger partial charge in [0.1, 0.15) is 12.4 Å². The minimum absolute atomic E-state index is 0.0300. The van der Waals surface area contributed by atoms with Crippen LogP contribution >= 0.6 is 0 Å². The molecule has 2 heterocycles. The fourth-order valence-corrected chi connectivity index (χ4v) is 2.78. The molecule has 1 aliphatic heterocycles. The highest BCUT2D eigenvalue weighted by Gasteiger charge is 2.27. The maximum atomic E-state index is 12.5. The highest BCUT2D eigenvalue weighted by atomic mass is 16.2. The summed E-state index contributed by atoms with van der Waals surface area (Å²) in [5, 5.41) is 14.2. The molecule has 2 aromatic rings. The Bertz CT molecular complexity index is 651. The predicted octanol–water partition coefficient (Wildman–Crippen LogP) is 0.879. The molecule has 1 aliphatic rings. The van der Waals surface area contributed by atoms with Gasteiger partial charge < -0.3 is 15.2 Å². The largest absolute Gasteiger partial charge is 0.345 e. The monoisotopic (exact) mass is 285 g/mol. The molecule has 2 N–H and O–H groups in total. The molecule has 2 unspecified atom stereocenters. The fourth-order valence-electron chi connectivity index (χ4n) is 2.78. The molecule has 0 aliphatic carbocycles.